The number of rotatable bonds is 3. The van der Waals surface area contributed by atoms with E-state index in [0.717, 1.165) is 13.1 Å². The van der Waals surface area contributed by atoms with Crippen LogP contribution in [0.15, 0.2) is 12.3 Å². The summed E-state index contributed by atoms with van der Waals surface area (Å²) in [5.41, 5.74) is 1.36. The topological polar surface area (TPSA) is 29.9 Å². The van der Waals surface area contributed by atoms with Crippen molar-refractivity contribution < 1.29 is 0 Å². The molecule has 0 aromatic carbocycles. The average molecular weight is 193 g/mol. The molecule has 1 saturated heterocycles. The third-order valence-corrected chi connectivity index (χ3v) is 2.70. The molecule has 0 radical (unpaired) electrons. The van der Waals surface area contributed by atoms with E-state index in [-0.39, 0.29) is 0 Å². The minimum Gasteiger partial charge on any atom is -0.309 e. The van der Waals surface area contributed by atoms with Crippen molar-refractivity contribution >= 4 is 0 Å². The van der Waals surface area contributed by atoms with Gasteiger partial charge in [-0.15, -0.1) is 0 Å². The van der Waals surface area contributed by atoms with Gasteiger partial charge in [0.15, 0.2) is 0 Å². The van der Waals surface area contributed by atoms with Gasteiger partial charge < -0.3 is 5.32 Å². The SMILES string of the molecule is CC(C)Cn1nccc1[C@@H]1CCCN1. The summed E-state index contributed by atoms with van der Waals surface area (Å²) < 4.78 is 2.15. The van der Waals surface area contributed by atoms with E-state index in [0.29, 0.717) is 12.0 Å². The molecule has 0 bridgehead atoms. The molecule has 0 amide bonds. The van der Waals surface area contributed by atoms with Gasteiger partial charge in [-0.3, -0.25) is 4.68 Å². The summed E-state index contributed by atoms with van der Waals surface area (Å²) in [7, 11) is 0. The van der Waals surface area contributed by atoms with Crippen LogP contribution in [0.3, 0.4) is 0 Å². The summed E-state index contributed by atoms with van der Waals surface area (Å²) in [6.45, 7) is 6.64. The fourth-order valence-electron chi connectivity index (χ4n) is 2.07. The van der Waals surface area contributed by atoms with Crippen molar-refractivity contribution in [3.05, 3.63) is 18.0 Å². The molecule has 0 spiro atoms. The standard InChI is InChI=1S/C11H19N3/c1-9(2)8-14-11(5-7-13-14)10-4-3-6-12-10/h5,7,9-10,12H,3-4,6,8H2,1-2H3/t10-/m0/s1. The third kappa shape index (κ3) is 1.98. The second kappa shape index (κ2) is 4.13. The largest absolute Gasteiger partial charge is 0.309 e. The van der Waals surface area contributed by atoms with E-state index < -0.39 is 0 Å². The molecule has 78 valence electrons. The Morgan fingerprint density at radius 2 is 2.50 bits per heavy atom. The maximum atomic E-state index is 4.38. The maximum absolute atomic E-state index is 4.38. The van der Waals surface area contributed by atoms with Crippen molar-refractivity contribution in [1.82, 2.24) is 15.1 Å². The molecule has 1 aromatic rings. The molecule has 0 aliphatic carbocycles. The minimum absolute atomic E-state index is 0.538. The van der Waals surface area contributed by atoms with Crippen LogP contribution >= 0.6 is 0 Å². The Bertz CT molecular complexity index is 284. The molecule has 1 N–H and O–H groups in total. The van der Waals surface area contributed by atoms with Crippen LogP contribution in [0.5, 0.6) is 0 Å². The van der Waals surface area contributed by atoms with Gasteiger partial charge in [0.05, 0.1) is 5.69 Å². The second-order valence-electron chi connectivity index (χ2n) is 4.48. The molecule has 1 aliphatic heterocycles. The highest BCUT2D eigenvalue weighted by atomic mass is 15.3. The Kier molecular flexibility index (Phi) is 2.87. The summed E-state index contributed by atoms with van der Waals surface area (Å²) in [6.07, 6.45) is 4.46. The molecule has 2 heterocycles. The molecule has 2 rings (SSSR count). The van der Waals surface area contributed by atoms with Crippen LogP contribution in [-0.2, 0) is 6.54 Å². The summed E-state index contributed by atoms with van der Waals surface area (Å²) in [4.78, 5) is 0. The van der Waals surface area contributed by atoms with E-state index in [1.807, 2.05) is 6.20 Å². The summed E-state index contributed by atoms with van der Waals surface area (Å²) in [5, 5.41) is 7.89. The van der Waals surface area contributed by atoms with Crippen LogP contribution in [0.2, 0.25) is 0 Å². The molecule has 0 saturated carbocycles. The lowest BCUT2D eigenvalue weighted by atomic mass is 10.1. The Balaban J connectivity index is 2.12. The van der Waals surface area contributed by atoms with Crippen molar-refractivity contribution in [2.75, 3.05) is 6.54 Å². The van der Waals surface area contributed by atoms with E-state index in [4.69, 9.17) is 0 Å². The lowest BCUT2D eigenvalue weighted by molar-refractivity contribution is 0.447. The van der Waals surface area contributed by atoms with Gasteiger partial charge in [-0.2, -0.15) is 5.10 Å². The zero-order valence-electron chi connectivity index (χ0n) is 9.03. The predicted octanol–water partition coefficient (Wildman–Crippen LogP) is 1.96. The molecule has 14 heavy (non-hydrogen) atoms. The molecule has 3 nitrogen and oxygen atoms in total. The Morgan fingerprint density at radius 3 is 3.14 bits per heavy atom. The van der Waals surface area contributed by atoms with Gasteiger partial charge in [-0.1, -0.05) is 13.8 Å². The number of hydrogen-bond acceptors (Lipinski definition) is 2. The quantitative estimate of drug-likeness (QED) is 0.795. The third-order valence-electron chi connectivity index (χ3n) is 2.70. The summed E-state index contributed by atoms with van der Waals surface area (Å²) >= 11 is 0. The van der Waals surface area contributed by atoms with Crippen LogP contribution in [0.25, 0.3) is 0 Å². The molecular weight excluding hydrogens is 174 g/mol. The molecule has 3 heteroatoms. The van der Waals surface area contributed by atoms with E-state index in [1.165, 1.54) is 18.5 Å². The number of aromatic nitrogens is 2. The highest BCUT2D eigenvalue weighted by Gasteiger charge is 2.19. The molecular formula is C11H19N3. The molecule has 0 unspecified atom stereocenters. The summed E-state index contributed by atoms with van der Waals surface area (Å²) in [5.74, 6) is 0.662. The van der Waals surface area contributed by atoms with E-state index in [1.54, 1.807) is 0 Å². The van der Waals surface area contributed by atoms with Crippen molar-refractivity contribution in [2.24, 2.45) is 5.92 Å². The lowest BCUT2D eigenvalue weighted by Crippen LogP contribution is -2.19. The first-order valence-corrected chi connectivity index (χ1v) is 5.52. The smallest absolute Gasteiger partial charge is 0.0553 e. The predicted molar refractivity (Wildman–Crippen MR) is 57.0 cm³/mol. The Hall–Kier alpha value is -0.830. The van der Waals surface area contributed by atoms with Gasteiger partial charge in [-0.05, 0) is 31.4 Å². The highest BCUT2D eigenvalue weighted by Crippen LogP contribution is 2.22. The average Bonchev–Trinajstić information content (AvgIpc) is 2.70. The van der Waals surface area contributed by atoms with Crippen molar-refractivity contribution in [3.8, 4) is 0 Å². The normalized spacial score (nSPS) is 22.1. The summed E-state index contributed by atoms with van der Waals surface area (Å²) in [6, 6.07) is 2.68. The van der Waals surface area contributed by atoms with E-state index in [2.05, 4.69) is 35.0 Å². The van der Waals surface area contributed by atoms with Crippen molar-refractivity contribution in [1.29, 1.82) is 0 Å². The van der Waals surface area contributed by atoms with Crippen LogP contribution in [-0.4, -0.2) is 16.3 Å². The molecule has 1 aliphatic rings. The fraction of sp³-hybridized carbons (Fsp3) is 0.727. The van der Waals surface area contributed by atoms with Gasteiger partial charge in [0, 0.05) is 18.8 Å². The first-order valence-electron chi connectivity index (χ1n) is 5.52. The van der Waals surface area contributed by atoms with Crippen LogP contribution < -0.4 is 5.32 Å². The Morgan fingerprint density at radius 1 is 1.64 bits per heavy atom. The van der Waals surface area contributed by atoms with Gasteiger partial charge in [-0.25, -0.2) is 0 Å². The van der Waals surface area contributed by atoms with Crippen LogP contribution in [0.4, 0.5) is 0 Å². The van der Waals surface area contributed by atoms with Crippen molar-refractivity contribution in [3.63, 3.8) is 0 Å². The van der Waals surface area contributed by atoms with Gasteiger partial charge in [0.25, 0.3) is 0 Å². The lowest BCUT2D eigenvalue weighted by Gasteiger charge is -2.14. The first kappa shape index (κ1) is 9.71. The van der Waals surface area contributed by atoms with E-state index in [9.17, 15) is 0 Å². The fourth-order valence-corrected chi connectivity index (χ4v) is 2.07. The number of nitrogens with one attached hydrogen (secondary N) is 1. The van der Waals surface area contributed by atoms with Gasteiger partial charge in [0.1, 0.15) is 0 Å². The van der Waals surface area contributed by atoms with Crippen LogP contribution in [0.1, 0.15) is 38.4 Å². The van der Waals surface area contributed by atoms with Crippen molar-refractivity contribution in [2.45, 2.75) is 39.3 Å². The highest BCUT2D eigenvalue weighted by molar-refractivity contribution is 5.08. The monoisotopic (exact) mass is 193 g/mol. The Labute approximate surface area is 85.5 Å². The van der Waals surface area contributed by atoms with E-state index >= 15 is 0 Å². The molecule has 1 atom stereocenters. The number of nitrogens with zero attached hydrogens (tertiary/aromatic N) is 2. The van der Waals surface area contributed by atoms with Crippen LogP contribution in [0, 0.1) is 5.92 Å². The van der Waals surface area contributed by atoms with Gasteiger partial charge in [0.2, 0.25) is 0 Å². The molecule has 1 fully saturated rings. The zero-order valence-corrected chi connectivity index (χ0v) is 9.03. The minimum atomic E-state index is 0.538. The first-order chi connectivity index (χ1) is 6.77. The zero-order chi connectivity index (χ0) is 9.97. The second-order valence-corrected chi connectivity index (χ2v) is 4.48. The maximum Gasteiger partial charge on any atom is 0.0553 e. The number of hydrogen-bond donors (Lipinski definition) is 1. The molecule has 1 aromatic heterocycles. The van der Waals surface area contributed by atoms with Gasteiger partial charge >= 0.3 is 0 Å².